The molecule has 0 bridgehead atoms. The van der Waals surface area contributed by atoms with Crippen molar-refractivity contribution in [3.63, 3.8) is 0 Å². The molecule has 1 heterocycles. The lowest BCUT2D eigenvalue weighted by molar-refractivity contribution is 0.0945. The fourth-order valence-electron chi connectivity index (χ4n) is 1.83. The monoisotopic (exact) mass is 287 g/mol. The van der Waals surface area contributed by atoms with Crippen LogP contribution in [0.25, 0.3) is 11.3 Å². The molecule has 5 heteroatoms. The van der Waals surface area contributed by atoms with Crippen LogP contribution in [-0.2, 0) is 0 Å². The van der Waals surface area contributed by atoms with E-state index < -0.39 is 11.7 Å². The van der Waals surface area contributed by atoms with Gasteiger partial charge < -0.3 is 11.1 Å². The average Bonchev–Trinajstić information content (AvgIpc) is 2.45. The van der Waals surface area contributed by atoms with Crippen molar-refractivity contribution in [3.8, 4) is 11.3 Å². The minimum Gasteiger partial charge on any atom is -0.397 e. The molecule has 1 aromatic carbocycles. The zero-order valence-electron chi connectivity index (χ0n) is 12.1. The van der Waals surface area contributed by atoms with Crippen LogP contribution in [-0.4, -0.2) is 17.4 Å². The minimum atomic E-state index is -0.563. The van der Waals surface area contributed by atoms with Crippen LogP contribution in [0.3, 0.4) is 0 Å². The second-order valence-corrected chi connectivity index (χ2v) is 5.28. The summed E-state index contributed by atoms with van der Waals surface area (Å²) in [6.07, 6.45) is 1.51. The predicted octanol–water partition coefficient (Wildman–Crippen LogP) is 2.86. The lowest BCUT2D eigenvalue weighted by Crippen LogP contribution is -2.28. The highest BCUT2D eigenvalue weighted by atomic mass is 19.1. The molecule has 0 aliphatic carbocycles. The fourth-order valence-corrected chi connectivity index (χ4v) is 1.83. The van der Waals surface area contributed by atoms with Gasteiger partial charge in [0.05, 0.1) is 23.1 Å². The number of benzene rings is 1. The van der Waals surface area contributed by atoms with Crippen LogP contribution in [0.15, 0.2) is 36.5 Å². The molecule has 3 N–H and O–H groups in total. The Morgan fingerprint density at radius 3 is 2.67 bits per heavy atom. The molecule has 0 spiro atoms. The number of halogens is 1. The Morgan fingerprint density at radius 1 is 1.33 bits per heavy atom. The molecule has 0 unspecified atom stereocenters. The lowest BCUT2D eigenvalue weighted by atomic mass is 10.1. The van der Waals surface area contributed by atoms with E-state index >= 15 is 0 Å². The van der Waals surface area contributed by atoms with Crippen LogP contribution >= 0.6 is 0 Å². The van der Waals surface area contributed by atoms with E-state index in [4.69, 9.17) is 5.73 Å². The van der Waals surface area contributed by atoms with Gasteiger partial charge in [-0.3, -0.25) is 9.78 Å². The number of hydrogen-bond donors (Lipinski definition) is 2. The maximum Gasteiger partial charge on any atom is 0.254 e. The Kier molecular flexibility index (Phi) is 4.52. The molecule has 1 amide bonds. The van der Waals surface area contributed by atoms with E-state index in [9.17, 15) is 9.18 Å². The van der Waals surface area contributed by atoms with Crippen molar-refractivity contribution in [3.05, 3.63) is 47.9 Å². The minimum absolute atomic E-state index is 0.0369. The van der Waals surface area contributed by atoms with E-state index in [-0.39, 0.29) is 5.56 Å². The molecule has 21 heavy (non-hydrogen) atoms. The first-order chi connectivity index (χ1) is 9.97. The van der Waals surface area contributed by atoms with Crippen molar-refractivity contribution in [2.75, 3.05) is 12.3 Å². The molecule has 0 saturated carbocycles. The van der Waals surface area contributed by atoms with Crippen molar-refractivity contribution in [1.82, 2.24) is 10.3 Å². The first-order valence-electron chi connectivity index (χ1n) is 6.77. The maximum atomic E-state index is 14.1. The van der Waals surface area contributed by atoms with E-state index in [1.54, 1.807) is 18.2 Å². The van der Waals surface area contributed by atoms with Crippen LogP contribution in [0.2, 0.25) is 0 Å². The number of hydrogen-bond acceptors (Lipinski definition) is 3. The van der Waals surface area contributed by atoms with Crippen molar-refractivity contribution in [2.45, 2.75) is 13.8 Å². The summed E-state index contributed by atoms with van der Waals surface area (Å²) in [6, 6.07) is 7.86. The van der Waals surface area contributed by atoms with Gasteiger partial charge in [0.25, 0.3) is 5.91 Å². The summed E-state index contributed by atoms with van der Waals surface area (Å²) in [4.78, 5) is 16.0. The van der Waals surface area contributed by atoms with Crippen LogP contribution in [0.1, 0.15) is 24.2 Å². The molecule has 4 nitrogen and oxygen atoms in total. The summed E-state index contributed by atoms with van der Waals surface area (Å²) in [7, 11) is 0. The summed E-state index contributed by atoms with van der Waals surface area (Å²) < 4.78 is 14.1. The highest BCUT2D eigenvalue weighted by Crippen LogP contribution is 2.20. The summed E-state index contributed by atoms with van der Waals surface area (Å²) >= 11 is 0. The lowest BCUT2D eigenvalue weighted by Gasteiger charge is -2.09. The Morgan fingerprint density at radius 2 is 2.10 bits per heavy atom. The van der Waals surface area contributed by atoms with Crippen molar-refractivity contribution in [1.29, 1.82) is 0 Å². The van der Waals surface area contributed by atoms with E-state index in [0.29, 0.717) is 29.4 Å². The van der Waals surface area contributed by atoms with Gasteiger partial charge in [-0.1, -0.05) is 19.9 Å². The number of nitrogens with one attached hydrogen (secondary N) is 1. The quantitative estimate of drug-likeness (QED) is 0.908. The summed E-state index contributed by atoms with van der Waals surface area (Å²) in [5.41, 5.74) is 7.36. The Labute approximate surface area is 123 Å². The maximum absolute atomic E-state index is 14.1. The third-order valence-electron chi connectivity index (χ3n) is 2.97. The second-order valence-electron chi connectivity index (χ2n) is 5.28. The van der Waals surface area contributed by atoms with Gasteiger partial charge in [0.15, 0.2) is 0 Å². The van der Waals surface area contributed by atoms with E-state index in [1.807, 2.05) is 13.8 Å². The Hall–Kier alpha value is -2.43. The molecule has 0 aliphatic rings. The number of aromatic nitrogens is 1. The van der Waals surface area contributed by atoms with E-state index in [2.05, 4.69) is 10.3 Å². The van der Waals surface area contributed by atoms with Gasteiger partial charge in [-0.2, -0.15) is 0 Å². The Balaban J connectivity index is 2.21. The first kappa shape index (κ1) is 15.0. The average molecular weight is 287 g/mol. The third-order valence-corrected chi connectivity index (χ3v) is 2.97. The molecule has 1 aromatic heterocycles. The number of pyridine rings is 1. The van der Waals surface area contributed by atoms with Gasteiger partial charge in [-0.15, -0.1) is 0 Å². The second kappa shape index (κ2) is 6.35. The molecular weight excluding hydrogens is 269 g/mol. The van der Waals surface area contributed by atoms with Crippen LogP contribution in [0, 0.1) is 11.7 Å². The number of carbonyl (C=O) groups excluding carboxylic acids is 1. The van der Waals surface area contributed by atoms with Gasteiger partial charge in [0, 0.05) is 12.1 Å². The van der Waals surface area contributed by atoms with Gasteiger partial charge in [-0.05, 0) is 30.2 Å². The molecule has 0 radical (unpaired) electrons. The van der Waals surface area contributed by atoms with Crippen molar-refractivity contribution < 1.29 is 9.18 Å². The number of anilines is 1. The zero-order valence-corrected chi connectivity index (χ0v) is 12.1. The van der Waals surface area contributed by atoms with Gasteiger partial charge >= 0.3 is 0 Å². The number of nitrogens with zero attached hydrogens (tertiary/aromatic N) is 1. The highest BCUT2D eigenvalue weighted by molar-refractivity contribution is 5.94. The summed E-state index contributed by atoms with van der Waals surface area (Å²) in [5.74, 6) is -0.652. The molecule has 0 atom stereocenters. The fraction of sp³-hybridized carbons (Fsp3) is 0.250. The SMILES string of the molecule is CC(C)CNC(=O)c1ccc(-c2ccc(N)cn2)cc1F. The van der Waals surface area contributed by atoms with E-state index in [1.165, 1.54) is 18.3 Å². The van der Waals surface area contributed by atoms with E-state index in [0.717, 1.165) is 0 Å². The van der Waals surface area contributed by atoms with Gasteiger partial charge in [0.1, 0.15) is 5.82 Å². The van der Waals surface area contributed by atoms with Gasteiger partial charge in [0.2, 0.25) is 0 Å². The molecule has 2 aromatic rings. The number of nitrogen functional groups attached to an aromatic ring is 1. The van der Waals surface area contributed by atoms with Crippen LogP contribution < -0.4 is 11.1 Å². The topological polar surface area (TPSA) is 68.0 Å². The third kappa shape index (κ3) is 3.78. The largest absolute Gasteiger partial charge is 0.397 e. The summed E-state index contributed by atoms with van der Waals surface area (Å²) in [6.45, 7) is 4.47. The summed E-state index contributed by atoms with van der Waals surface area (Å²) in [5, 5.41) is 2.69. The van der Waals surface area contributed by atoms with Crippen molar-refractivity contribution >= 4 is 11.6 Å². The number of nitrogens with two attached hydrogens (primary N) is 1. The normalized spacial score (nSPS) is 10.7. The van der Waals surface area contributed by atoms with Crippen LogP contribution in [0.5, 0.6) is 0 Å². The van der Waals surface area contributed by atoms with Gasteiger partial charge in [-0.25, -0.2) is 4.39 Å². The predicted molar refractivity (Wildman–Crippen MR) is 81.2 cm³/mol. The molecular formula is C16H18FN3O. The number of carbonyl (C=O) groups is 1. The molecule has 0 aliphatic heterocycles. The van der Waals surface area contributed by atoms with Crippen LogP contribution in [0.4, 0.5) is 10.1 Å². The Bertz CT molecular complexity index is 638. The zero-order chi connectivity index (χ0) is 15.4. The highest BCUT2D eigenvalue weighted by Gasteiger charge is 2.13. The number of rotatable bonds is 4. The molecule has 0 fully saturated rings. The first-order valence-corrected chi connectivity index (χ1v) is 6.77. The standard InChI is InChI=1S/C16H18FN3O/c1-10(2)8-20-16(21)13-5-3-11(7-14(13)17)15-6-4-12(18)9-19-15/h3-7,9-10H,8,18H2,1-2H3,(H,20,21). The molecule has 110 valence electrons. The molecule has 2 rings (SSSR count). The number of amides is 1. The van der Waals surface area contributed by atoms with Crippen molar-refractivity contribution in [2.24, 2.45) is 5.92 Å². The molecule has 0 saturated heterocycles. The smallest absolute Gasteiger partial charge is 0.254 e.